The zero-order valence-electron chi connectivity index (χ0n) is 16.7. The topological polar surface area (TPSA) is 45.1 Å². The number of hydrogen-bond acceptors (Lipinski definition) is 4. The van der Waals surface area contributed by atoms with Crippen LogP contribution < -0.4 is 4.74 Å². The van der Waals surface area contributed by atoms with E-state index >= 15 is 0 Å². The van der Waals surface area contributed by atoms with Crippen LogP contribution in [-0.4, -0.2) is 48.3 Å². The summed E-state index contributed by atoms with van der Waals surface area (Å²) in [6, 6.07) is 13.8. The minimum Gasteiger partial charge on any atom is -0.496 e. The molecule has 2 heterocycles. The Morgan fingerprint density at radius 3 is 2.69 bits per heavy atom. The fraction of sp³-hybridized carbons (Fsp3) is 0.391. The van der Waals surface area contributed by atoms with Crippen LogP contribution in [0.4, 0.5) is 4.39 Å². The smallest absolute Gasteiger partial charge is 0.257 e. The molecule has 0 saturated carbocycles. The number of halogens is 1. The van der Waals surface area contributed by atoms with Crippen molar-refractivity contribution >= 4 is 11.6 Å². The molecule has 1 saturated heterocycles. The molecule has 2 aromatic rings. The summed E-state index contributed by atoms with van der Waals surface area (Å²) in [5, 5.41) is 6.23. The number of likely N-dealkylation sites (tertiary alicyclic amines) is 1. The first kappa shape index (κ1) is 19.6. The third-order valence-corrected chi connectivity index (χ3v) is 5.63. The summed E-state index contributed by atoms with van der Waals surface area (Å²) >= 11 is 0. The molecule has 0 aliphatic carbocycles. The number of benzene rings is 2. The van der Waals surface area contributed by atoms with E-state index in [1.807, 2.05) is 30.3 Å². The van der Waals surface area contributed by atoms with Gasteiger partial charge < -0.3 is 4.74 Å². The number of rotatable bonds is 5. The number of ether oxygens (including phenoxy) is 1. The number of amides is 1. The van der Waals surface area contributed by atoms with E-state index < -0.39 is 0 Å². The highest BCUT2D eigenvalue weighted by Crippen LogP contribution is 2.37. The summed E-state index contributed by atoms with van der Waals surface area (Å²) in [7, 11) is 1.63. The Bertz CT molecular complexity index is 909. The highest BCUT2D eigenvalue weighted by Gasteiger charge is 2.35. The summed E-state index contributed by atoms with van der Waals surface area (Å²) < 4.78 is 19.3. The first-order valence-corrected chi connectivity index (χ1v) is 10.2. The molecule has 0 spiro atoms. The highest BCUT2D eigenvalue weighted by molar-refractivity contribution is 6.03. The second-order valence-corrected chi connectivity index (χ2v) is 7.59. The molecule has 0 N–H and O–H groups in total. The normalized spacial score (nSPS) is 19.9. The van der Waals surface area contributed by atoms with Crippen LogP contribution in [0.3, 0.4) is 0 Å². The second-order valence-electron chi connectivity index (χ2n) is 7.59. The number of hydrogen-bond donors (Lipinski definition) is 0. The Balaban J connectivity index is 1.64. The average molecular weight is 395 g/mol. The van der Waals surface area contributed by atoms with Gasteiger partial charge in [0, 0.05) is 17.5 Å². The molecular formula is C23H26FN3O2. The predicted molar refractivity (Wildman–Crippen MR) is 110 cm³/mol. The SMILES string of the molecule is COc1ccccc1C1CC(c2cccc(F)c2)=NN1C(=O)CN1CCCCC1. The van der Waals surface area contributed by atoms with Crippen LogP contribution in [0.2, 0.25) is 0 Å². The molecule has 2 aliphatic rings. The number of methoxy groups -OCH3 is 1. The van der Waals surface area contributed by atoms with Gasteiger partial charge in [-0.25, -0.2) is 9.40 Å². The van der Waals surface area contributed by atoms with Gasteiger partial charge in [-0.1, -0.05) is 36.8 Å². The molecule has 4 rings (SSSR count). The molecule has 0 bridgehead atoms. The van der Waals surface area contributed by atoms with E-state index in [0.29, 0.717) is 24.2 Å². The van der Waals surface area contributed by atoms with Crippen molar-refractivity contribution < 1.29 is 13.9 Å². The molecule has 2 aromatic carbocycles. The van der Waals surface area contributed by atoms with Crippen molar-refractivity contribution in [3.05, 3.63) is 65.5 Å². The van der Waals surface area contributed by atoms with Crippen molar-refractivity contribution in [2.75, 3.05) is 26.7 Å². The summed E-state index contributed by atoms with van der Waals surface area (Å²) in [4.78, 5) is 15.4. The lowest BCUT2D eigenvalue weighted by molar-refractivity contribution is -0.134. The fourth-order valence-electron chi connectivity index (χ4n) is 4.15. The second kappa shape index (κ2) is 8.74. The quantitative estimate of drug-likeness (QED) is 0.769. The minimum atomic E-state index is -0.308. The number of carbonyl (C=O) groups is 1. The van der Waals surface area contributed by atoms with Crippen LogP contribution in [-0.2, 0) is 4.79 Å². The van der Waals surface area contributed by atoms with Gasteiger partial charge in [-0.3, -0.25) is 9.69 Å². The van der Waals surface area contributed by atoms with Gasteiger partial charge in [0.05, 0.1) is 25.4 Å². The summed E-state index contributed by atoms with van der Waals surface area (Å²) in [6.07, 6.45) is 4.00. The maximum Gasteiger partial charge on any atom is 0.257 e. The summed E-state index contributed by atoms with van der Waals surface area (Å²) in [5.41, 5.74) is 2.34. The molecule has 1 unspecified atom stereocenters. The first-order valence-electron chi connectivity index (χ1n) is 10.2. The lowest BCUT2D eigenvalue weighted by Gasteiger charge is -2.29. The van der Waals surface area contributed by atoms with E-state index in [2.05, 4.69) is 10.0 Å². The molecule has 5 nitrogen and oxygen atoms in total. The molecule has 0 radical (unpaired) electrons. The maximum absolute atomic E-state index is 13.8. The van der Waals surface area contributed by atoms with E-state index in [1.165, 1.54) is 18.6 Å². The third-order valence-electron chi connectivity index (χ3n) is 5.63. The summed E-state index contributed by atoms with van der Waals surface area (Å²) in [6.45, 7) is 2.24. The monoisotopic (exact) mass is 395 g/mol. The van der Waals surface area contributed by atoms with Crippen molar-refractivity contribution in [2.45, 2.75) is 31.7 Å². The zero-order chi connectivity index (χ0) is 20.2. The molecular weight excluding hydrogens is 369 g/mol. The van der Waals surface area contributed by atoms with Crippen LogP contribution in [0.1, 0.15) is 42.9 Å². The van der Waals surface area contributed by atoms with Crippen LogP contribution in [0.5, 0.6) is 5.75 Å². The van der Waals surface area contributed by atoms with Gasteiger partial charge >= 0.3 is 0 Å². The molecule has 152 valence electrons. The minimum absolute atomic E-state index is 0.0331. The van der Waals surface area contributed by atoms with Crippen LogP contribution in [0.25, 0.3) is 0 Å². The van der Waals surface area contributed by atoms with E-state index in [-0.39, 0.29) is 17.8 Å². The third kappa shape index (κ3) is 4.32. The van der Waals surface area contributed by atoms with Gasteiger partial charge in [-0.2, -0.15) is 5.10 Å². The average Bonchev–Trinajstić information content (AvgIpc) is 3.20. The molecule has 6 heteroatoms. The molecule has 1 fully saturated rings. The number of piperidine rings is 1. The van der Waals surface area contributed by atoms with Gasteiger partial charge in [0.25, 0.3) is 5.91 Å². The molecule has 2 aliphatic heterocycles. The van der Waals surface area contributed by atoms with E-state index in [1.54, 1.807) is 18.2 Å². The van der Waals surface area contributed by atoms with Gasteiger partial charge in [0.15, 0.2) is 0 Å². The first-order chi connectivity index (χ1) is 14.2. The molecule has 1 amide bonds. The van der Waals surface area contributed by atoms with E-state index in [0.717, 1.165) is 37.2 Å². The van der Waals surface area contributed by atoms with Crippen LogP contribution in [0.15, 0.2) is 53.6 Å². The van der Waals surface area contributed by atoms with Crippen molar-refractivity contribution in [3.63, 3.8) is 0 Å². The number of carbonyl (C=O) groups excluding carboxylic acids is 1. The number of nitrogens with zero attached hydrogens (tertiary/aromatic N) is 3. The standard InChI is InChI=1S/C23H26FN3O2/c1-29-22-11-4-3-10-19(22)21-15-20(17-8-7-9-18(24)14-17)25-27(21)23(28)16-26-12-5-2-6-13-26/h3-4,7-11,14,21H,2,5-6,12-13,15-16H2,1H3. The lowest BCUT2D eigenvalue weighted by Crippen LogP contribution is -2.40. The van der Waals surface area contributed by atoms with Crippen molar-refractivity contribution in [1.29, 1.82) is 0 Å². The Morgan fingerprint density at radius 1 is 1.14 bits per heavy atom. The predicted octanol–water partition coefficient (Wildman–Crippen LogP) is 4.00. The molecule has 29 heavy (non-hydrogen) atoms. The Labute approximate surface area is 170 Å². The molecule has 1 atom stereocenters. The Hall–Kier alpha value is -2.73. The largest absolute Gasteiger partial charge is 0.496 e. The Kier molecular flexibility index (Phi) is 5.90. The van der Waals surface area contributed by atoms with Gasteiger partial charge in [-0.15, -0.1) is 0 Å². The number of para-hydroxylation sites is 1. The van der Waals surface area contributed by atoms with Crippen molar-refractivity contribution in [2.24, 2.45) is 5.10 Å². The highest BCUT2D eigenvalue weighted by atomic mass is 19.1. The molecule has 0 aromatic heterocycles. The Morgan fingerprint density at radius 2 is 1.93 bits per heavy atom. The number of hydrazone groups is 1. The van der Waals surface area contributed by atoms with Crippen molar-refractivity contribution in [1.82, 2.24) is 9.91 Å². The van der Waals surface area contributed by atoms with Gasteiger partial charge in [0.2, 0.25) is 0 Å². The lowest BCUT2D eigenvalue weighted by atomic mass is 9.97. The van der Waals surface area contributed by atoms with Gasteiger partial charge in [-0.05, 0) is 44.1 Å². The van der Waals surface area contributed by atoms with E-state index in [4.69, 9.17) is 4.74 Å². The fourth-order valence-corrected chi connectivity index (χ4v) is 4.15. The zero-order valence-corrected chi connectivity index (χ0v) is 16.7. The van der Waals surface area contributed by atoms with E-state index in [9.17, 15) is 9.18 Å². The van der Waals surface area contributed by atoms with Crippen LogP contribution >= 0.6 is 0 Å². The van der Waals surface area contributed by atoms with Crippen LogP contribution in [0, 0.1) is 5.82 Å². The van der Waals surface area contributed by atoms with Crippen molar-refractivity contribution in [3.8, 4) is 5.75 Å². The van der Waals surface area contributed by atoms with Gasteiger partial charge in [0.1, 0.15) is 11.6 Å². The summed E-state index contributed by atoms with van der Waals surface area (Å²) in [5.74, 6) is 0.385. The maximum atomic E-state index is 13.8.